The van der Waals surface area contributed by atoms with Crippen molar-refractivity contribution >= 4 is 39.4 Å². The summed E-state index contributed by atoms with van der Waals surface area (Å²) in [5.41, 5.74) is 0.985. The van der Waals surface area contributed by atoms with Gasteiger partial charge in [0.05, 0.1) is 0 Å². The molecule has 0 saturated carbocycles. The standard InChI is InChI=1S/C20H38O2.Mg.H2O4S/c1-16(2)9-6-10-17(3)11-7-12-18(4)13-8-14-19(5)15-20(21)22;;1-5(2,3)4/h15-18H,6-14H2,1-5H3,(H,21,22);;(H2,1,2,3,4)/q;+2;/p-2/b19-15+;;/t17-,18-;;/m1../s1. The van der Waals surface area contributed by atoms with Crippen LogP contribution in [0.4, 0.5) is 0 Å². The number of hydrogen-bond donors (Lipinski definition) is 1. The zero-order valence-electron chi connectivity index (χ0n) is 18.3. The number of carboxylic acid groups (broad SMARTS) is 1. The van der Waals surface area contributed by atoms with Crippen molar-refractivity contribution in [2.24, 2.45) is 17.8 Å². The van der Waals surface area contributed by atoms with Crippen LogP contribution in [0.5, 0.6) is 0 Å². The molecule has 0 aliphatic heterocycles. The van der Waals surface area contributed by atoms with Crippen molar-refractivity contribution in [3.05, 3.63) is 11.6 Å². The summed E-state index contributed by atoms with van der Waals surface area (Å²) in [7, 11) is -5.17. The van der Waals surface area contributed by atoms with Crippen LogP contribution in [0.25, 0.3) is 0 Å². The summed E-state index contributed by atoms with van der Waals surface area (Å²) in [6, 6.07) is 0. The van der Waals surface area contributed by atoms with Crippen LogP contribution >= 0.6 is 0 Å². The Labute approximate surface area is 188 Å². The molecule has 0 saturated heterocycles. The molecular formula is C20H38MgO6S. The normalized spacial score (nSPS) is 13.9. The second-order valence-electron chi connectivity index (χ2n) is 8.10. The van der Waals surface area contributed by atoms with Crippen molar-refractivity contribution in [2.45, 2.75) is 92.4 Å². The topological polar surface area (TPSA) is 118 Å². The van der Waals surface area contributed by atoms with Gasteiger partial charge in [0.15, 0.2) is 0 Å². The fourth-order valence-corrected chi connectivity index (χ4v) is 2.99. The minimum atomic E-state index is -5.17. The van der Waals surface area contributed by atoms with Crippen LogP contribution in [-0.4, -0.2) is 51.7 Å². The molecule has 28 heavy (non-hydrogen) atoms. The fraction of sp³-hybridized carbons (Fsp3) is 0.850. The van der Waals surface area contributed by atoms with Gasteiger partial charge in [-0.25, -0.2) is 4.79 Å². The number of carboxylic acids is 1. The summed E-state index contributed by atoms with van der Waals surface area (Å²) in [4.78, 5) is 10.5. The number of allylic oxidation sites excluding steroid dienone is 1. The average molecular weight is 431 g/mol. The zero-order chi connectivity index (χ0) is 21.5. The Balaban J connectivity index is -0.000000918. The summed E-state index contributed by atoms with van der Waals surface area (Å²) in [6.07, 6.45) is 12.7. The molecule has 0 rings (SSSR count). The summed E-state index contributed by atoms with van der Waals surface area (Å²) >= 11 is 0. The summed E-state index contributed by atoms with van der Waals surface area (Å²) in [6.45, 7) is 11.3. The van der Waals surface area contributed by atoms with E-state index in [9.17, 15) is 4.79 Å². The van der Waals surface area contributed by atoms with Gasteiger partial charge in [0.1, 0.15) is 0 Å². The van der Waals surface area contributed by atoms with Crippen molar-refractivity contribution in [3.63, 3.8) is 0 Å². The van der Waals surface area contributed by atoms with Crippen LogP contribution < -0.4 is 0 Å². The fourth-order valence-electron chi connectivity index (χ4n) is 2.99. The van der Waals surface area contributed by atoms with Crippen LogP contribution in [0.2, 0.25) is 0 Å². The molecule has 8 heteroatoms. The summed E-state index contributed by atoms with van der Waals surface area (Å²) in [5.74, 6) is 1.65. The Morgan fingerprint density at radius 2 is 1.25 bits per heavy atom. The molecule has 6 nitrogen and oxygen atoms in total. The van der Waals surface area contributed by atoms with E-state index in [0.717, 1.165) is 36.2 Å². The molecule has 0 amide bonds. The van der Waals surface area contributed by atoms with Crippen LogP contribution in [0.3, 0.4) is 0 Å². The minimum Gasteiger partial charge on any atom is -0.759 e. The molecule has 0 heterocycles. The van der Waals surface area contributed by atoms with Crippen molar-refractivity contribution in [1.82, 2.24) is 0 Å². The first-order chi connectivity index (χ1) is 12.3. The molecule has 2 atom stereocenters. The van der Waals surface area contributed by atoms with E-state index in [0.29, 0.717) is 0 Å². The second-order valence-corrected chi connectivity index (χ2v) is 8.91. The predicted octanol–water partition coefficient (Wildman–Crippen LogP) is 4.74. The maximum absolute atomic E-state index is 10.5. The zero-order valence-corrected chi connectivity index (χ0v) is 20.5. The third kappa shape index (κ3) is 33.4. The van der Waals surface area contributed by atoms with Gasteiger partial charge in [-0.3, -0.25) is 8.42 Å². The van der Waals surface area contributed by atoms with Crippen molar-refractivity contribution in [3.8, 4) is 0 Å². The number of rotatable bonds is 13. The van der Waals surface area contributed by atoms with E-state index in [1.807, 2.05) is 6.92 Å². The number of aliphatic carboxylic acids is 1. The molecule has 0 fully saturated rings. The Morgan fingerprint density at radius 1 is 0.893 bits per heavy atom. The molecule has 0 aromatic heterocycles. The van der Waals surface area contributed by atoms with Crippen LogP contribution in [0, 0.1) is 17.8 Å². The molecule has 0 aliphatic rings. The second kappa shape index (κ2) is 18.8. The van der Waals surface area contributed by atoms with Crippen LogP contribution in [0.1, 0.15) is 92.4 Å². The molecule has 0 unspecified atom stereocenters. The van der Waals surface area contributed by atoms with E-state index < -0.39 is 16.4 Å². The maximum Gasteiger partial charge on any atom is 2.00 e. The Morgan fingerprint density at radius 3 is 1.61 bits per heavy atom. The smallest absolute Gasteiger partial charge is 0.759 e. The summed E-state index contributed by atoms with van der Waals surface area (Å²) in [5, 5.41) is 8.68. The van der Waals surface area contributed by atoms with E-state index in [1.54, 1.807) is 0 Å². The predicted molar refractivity (Wildman–Crippen MR) is 112 cm³/mol. The largest absolute Gasteiger partial charge is 2.00 e. The first kappa shape index (κ1) is 32.5. The van der Waals surface area contributed by atoms with Gasteiger partial charge in [-0.15, -0.1) is 0 Å². The van der Waals surface area contributed by atoms with E-state index in [2.05, 4.69) is 27.7 Å². The Bertz CT molecular complexity index is 509. The Hall–Kier alpha value is -0.154. The van der Waals surface area contributed by atoms with Gasteiger partial charge in [-0.1, -0.05) is 78.2 Å². The SMILES string of the molecule is C/C(=C\C(=O)O)CCC[C@H](C)CCC[C@H](C)CCCC(C)C.O=S(=O)([O-])[O-].[Mg+2]. The van der Waals surface area contributed by atoms with Gasteiger partial charge in [-0.2, -0.15) is 0 Å². The molecule has 0 bridgehead atoms. The van der Waals surface area contributed by atoms with Gasteiger partial charge < -0.3 is 14.2 Å². The van der Waals surface area contributed by atoms with Gasteiger partial charge in [0.25, 0.3) is 0 Å². The number of hydrogen-bond acceptors (Lipinski definition) is 5. The average Bonchev–Trinajstić information content (AvgIpc) is 2.44. The molecule has 1 N–H and O–H groups in total. The van der Waals surface area contributed by atoms with Gasteiger partial charge in [0, 0.05) is 16.5 Å². The van der Waals surface area contributed by atoms with Crippen molar-refractivity contribution in [1.29, 1.82) is 0 Å². The molecular weight excluding hydrogens is 393 g/mol. The van der Waals surface area contributed by atoms with Crippen molar-refractivity contribution < 1.29 is 27.4 Å². The van der Waals surface area contributed by atoms with E-state index in [-0.39, 0.29) is 23.1 Å². The van der Waals surface area contributed by atoms with Gasteiger partial charge >= 0.3 is 29.0 Å². The molecule has 0 aromatic carbocycles. The minimum absolute atomic E-state index is 0. The number of carbonyl (C=O) groups is 1. The van der Waals surface area contributed by atoms with Gasteiger partial charge in [-0.05, 0) is 37.5 Å². The molecule has 162 valence electrons. The molecule has 0 aromatic rings. The monoisotopic (exact) mass is 430 g/mol. The van der Waals surface area contributed by atoms with Crippen molar-refractivity contribution in [2.75, 3.05) is 0 Å². The summed E-state index contributed by atoms with van der Waals surface area (Å²) < 4.78 is 34.1. The molecule has 0 spiro atoms. The van der Waals surface area contributed by atoms with Crippen LogP contribution in [-0.2, 0) is 15.2 Å². The van der Waals surface area contributed by atoms with E-state index in [4.69, 9.17) is 22.6 Å². The first-order valence-electron chi connectivity index (χ1n) is 9.88. The third-order valence-electron chi connectivity index (χ3n) is 4.51. The van der Waals surface area contributed by atoms with E-state index in [1.165, 1.54) is 51.0 Å². The van der Waals surface area contributed by atoms with Crippen LogP contribution in [0.15, 0.2) is 11.6 Å². The van der Waals surface area contributed by atoms with Gasteiger partial charge in [0.2, 0.25) is 0 Å². The first-order valence-corrected chi connectivity index (χ1v) is 11.2. The quantitative estimate of drug-likeness (QED) is 0.195. The van der Waals surface area contributed by atoms with E-state index >= 15 is 0 Å². The molecule has 0 aliphatic carbocycles. The third-order valence-corrected chi connectivity index (χ3v) is 4.51. The molecule has 0 radical (unpaired) electrons. The Kier molecular flexibility index (Phi) is 21.9. The maximum atomic E-state index is 10.5.